The van der Waals surface area contributed by atoms with Gasteiger partial charge in [-0.3, -0.25) is 14.4 Å². The molecular formula is C50H88O6. The van der Waals surface area contributed by atoms with Crippen molar-refractivity contribution in [1.29, 1.82) is 0 Å². The smallest absolute Gasteiger partial charge is 0.306 e. The molecule has 0 radical (unpaired) electrons. The highest BCUT2D eigenvalue weighted by Crippen LogP contribution is 2.13. The minimum absolute atomic E-state index is 0.0853. The van der Waals surface area contributed by atoms with E-state index in [2.05, 4.69) is 69.4 Å². The molecule has 324 valence electrons. The van der Waals surface area contributed by atoms with E-state index >= 15 is 0 Å². The van der Waals surface area contributed by atoms with Gasteiger partial charge >= 0.3 is 17.9 Å². The van der Waals surface area contributed by atoms with E-state index in [9.17, 15) is 14.4 Å². The molecule has 0 aliphatic rings. The largest absolute Gasteiger partial charge is 0.462 e. The van der Waals surface area contributed by atoms with E-state index in [0.29, 0.717) is 19.3 Å². The van der Waals surface area contributed by atoms with Gasteiger partial charge in [-0.25, -0.2) is 0 Å². The van der Waals surface area contributed by atoms with Crippen LogP contribution in [0.1, 0.15) is 233 Å². The van der Waals surface area contributed by atoms with Crippen molar-refractivity contribution in [2.75, 3.05) is 13.2 Å². The highest BCUT2D eigenvalue weighted by atomic mass is 16.6. The summed E-state index contributed by atoms with van der Waals surface area (Å²) in [4.78, 5) is 37.8. The first-order valence-corrected chi connectivity index (χ1v) is 23.6. The van der Waals surface area contributed by atoms with Gasteiger partial charge in [0.1, 0.15) is 13.2 Å². The minimum atomic E-state index is -0.783. The molecule has 6 heteroatoms. The summed E-state index contributed by atoms with van der Waals surface area (Å²) in [5, 5.41) is 0. The number of esters is 3. The molecule has 0 aromatic heterocycles. The maximum atomic E-state index is 12.7. The Morgan fingerprint density at radius 3 is 1.05 bits per heavy atom. The fourth-order valence-corrected chi connectivity index (χ4v) is 6.39. The van der Waals surface area contributed by atoms with Crippen LogP contribution in [0.15, 0.2) is 48.6 Å². The first kappa shape index (κ1) is 53.4. The monoisotopic (exact) mass is 785 g/mol. The third-order valence-electron chi connectivity index (χ3n) is 10.0. The predicted octanol–water partition coefficient (Wildman–Crippen LogP) is 15.1. The Kier molecular flexibility index (Phi) is 43.0. The second-order valence-electron chi connectivity index (χ2n) is 15.7. The number of unbranched alkanes of at least 4 members (excludes halogenated alkanes) is 23. The highest BCUT2D eigenvalue weighted by Gasteiger charge is 2.19. The van der Waals surface area contributed by atoms with Crippen molar-refractivity contribution in [3.8, 4) is 0 Å². The average Bonchev–Trinajstić information content (AvgIpc) is 3.19. The van der Waals surface area contributed by atoms with E-state index < -0.39 is 6.10 Å². The van der Waals surface area contributed by atoms with Gasteiger partial charge in [0.05, 0.1) is 0 Å². The van der Waals surface area contributed by atoms with Gasteiger partial charge in [0.25, 0.3) is 0 Å². The molecule has 0 aliphatic carbocycles. The van der Waals surface area contributed by atoms with E-state index in [4.69, 9.17) is 14.2 Å². The van der Waals surface area contributed by atoms with Gasteiger partial charge < -0.3 is 14.2 Å². The van der Waals surface area contributed by atoms with E-state index in [1.54, 1.807) is 0 Å². The molecule has 0 saturated heterocycles. The van der Waals surface area contributed by atoms with Crippen molar-refractivity contribution in [2.45, 2.75) is 239 Å². The van der Waals surface area contributed by atoms with Crippen LogP contribution in [-0.2, 0) is 28.6 Å². The molecule has 0 aromatic rings. The zero-order valence-corrected chi connectivity index (χ0v) is 36.9. The van der Waals surface area contributed by atoms with Gasteiger partial charge in [0.2, 0.25) is 0 Å². The standard InChI is InChI=1S/C50H88O6/c1-4-7-10-13-16-19-22-25-26-29-31-34-37-40-43-49(52)55-46-47(56-50(53)44-41-38-35-32-28-24-21-18-15-12-9-6-3)45-54-48(51)42-39-36-33-30-27-23-20-17-14-11-8-5-2/h13,16-18,20-22,25,47H,4-12,14-15,19,23-24,26-46H2,1-3H3/b16-13-,20-17-,21-18-,25-22-/t47-/m1/s1. The summed E-state index contributed by atoms with van der Waals surface area (Å²) in [5.74, 6) is -0.917. The lowest BCUT2D eigenvalue weighted by Gasteiger charge is -2.18. The molecule has 0 aliphatic heterocycles. The molecule has 0 fully saturated rings. The first-order chi connectivity index (χ1) is 27.5. The summed E-state index contributed by atoms with van der Waals surface area (Å²) in [5.41, 5.74) is 0. The van der Waals surface area contributed by atoms with Gasteiger partial charge in [0, 0.05) is 19.3 Å². The van der Waals surface area contributed by atoms with Crippen molar-refractivity contribution in [3.63, 3.8) is 0 Å². The van der Waals surface area contributed by atoms with Crippen LogP contribution in [0.4, 0.5) is 0 Å². The zero-order chi connectivity index (χ0) is 40.8. The number of ether oxygens (including phenoxy) is 3. The van der Waals surface area contributed by atoms with Crippen molar-refractivity contribution in [3.05, 3.63) is 48.6 Å². The number of carbonyl (C=O) groups is 3. The lowest BCUT2D eigenvalue weighted by Crippen LogP contribution is -2.30. The molecule has 0 saturated carbocycles. The zero-order valence-electron chi connectivity index (χ0n) is 36.9. The molecule has 56 heavy (non-hydrogen) atoms. The molecule has 0 heterocycles. The third-order valence-corrected chi connectivity index (χ3v) is 10.0. The van der Waals surface area contributed by atoms with E-state index in [0.717, 1.165) is 96.3 Å². The first-order valence-electron chi connectivity index (χ1n) is 23.6. The summed E-state index contributed by atoms with van der Waals surface area (Å²) in [6.45, 7) is 6.51. The van der Waals surface area contributed by atoms with Gasteiger partial charge in [-0.2, -0.15) is 0 Å². The fraction of sp³-hybridized carbons (Fsp3) is 0.780. The number of carbonyl (C=O) groups excluding carboxylic acids is 3. The van der Waals surface area contributed by atoms with E-state index in [-0.39, 0.29) is 31.1 Å². The molecule has 0 amide bonds. The lowest BCUT2D eigenvalue weighted by molar-refractivity contribution is -0.167. The molecule has 0 bridgehead atoms. The quantitative estimate of drug-likeness (QED) is 0.0265. The summed E-state index contributed by atoms with van der Waals surface area (Å²) in [6.07, 6.45) is 52.3. The number of allylic oxidation sites excluding steroid dienone is 8. The van der Waals surface area contributed by atoms with Gasteiger partial charge in [-0.05, 0) is 96.3 Å². The second kappa shape index (κ2) is 45.1. The number of hydrogen-bond acceptors (Lipinski definition) is 6. The van der Waals surface area contributed by atoms with Crippen LogP contribution in [0.3, 0.4) is 0 Å². The van der Waals surface area contributed by atoms with Crippen LogP contribution in [-0.4, -0.2) is 37.2 Å². The topological polar surface area (TPSA) is 78.9 Å². The van der Waals surface area contributed by atoms with Gasteiger partial charge in [-0.1, -0.05) is 166 Å². The fourth-order valence-electron chi connectivity index (χ4n) is 6.39. The summed E-state index contributed by atoms with van der Waals surface area (Å²) < 4.78 is 16.7. The Morgan fingerprint density at radius 2 is 0.661 bits per heavy atom. The molecule has 0 aromatic carbocycles. The van der Waals surface area contributed by atoms with Crippen molar-refractivity contribution >= 4 is 17.9 Å². The van der Waals surface area contributed by atoms with Crippen LogP contribution < -0.4 is 0 Å². The van der Waals surface area contributed by atoms with Gasteiger partial charge in [-0.15, -0.1) is 0 Å². The van der Waals surface area contributed by atoms with Crippen molar-refractivity contribution in [2.24, 2.45) is 0 Å². The van der Waals surface area contributed by atoms with E-state index in [1.807, 2.05) is 0 Å². The summed E-state index contributed by atoms with van der Waals surface area (Å²) in [6, 6.07) is 0. The predicted molar refractivity (Wildman–Crippen MR) is 238 cm³/mol. The third kappa shape index (κ3) is 42.5. The number of rotatable bonds is 42. The molecule has 6 nitrogen and oxygen atoms in total. The normalized spacial score (nSPS) is 12.4. The molecule has 0 unspecified atom stereocenters. The van der Waals surface area contributed by atoms with Crippen LogP contribution in [0, 0.1) is 0 Å². The maximum absolute atomic E-state index is 12.7. The average molecular weight is 785 g/mol. The Hall–Kier alpha value is -2.63. The summed E-state index contributed by atoms with van der Waals surface area (Å²) in [7, 11) is 0. The van der Waals surface area contributed by atoms with Crippen molar-refractivity contribution < 1.29 is 28.6 Å². The molecule has 0 rings (SSSR count). The van der Waals surface area contributed by atoms with Crippen LogP contribution in [0.5, 0.6) is 0 Å². The molecule has 1 atom stereocenters. The molecule has 0 N–H and O–H groups in total. The Balaban J connectivity index is 4.42. The Labute approximate surface area is 346 Å². The van der Waals surface area contributed by atoms with Crippen LogP contribution in [0.25, 0.3) is 0 Å². The second-order valence-corrected chi connectivity index (χ2v) is 15.7. The maximum Gasteiger partial charge on any atom is 0.306 e. The molecular weight excluding hydrogens is 697 g/mol. The minimum Gasteiger partial charge on any atom is -0.462 e. The van der Waals surface area contributed by atoms with Crippen molar-refractivity contribution in [1.82, 2.24) is 0 Å². The molecule has 0 spiro atoms. The van der Waals surface area contributed by atoms with Crippen LogP contribution >= 0.6 is 0 Å². The Bertz CT molecular complexity index is 996. The SMILES string of the molecule is CCCC/C=C\C/C=C\CCCCCCCC(=O)OC[C@@H](COC(=O)CCCCCCC/C=C\CCCCC)OC(=O)CCCCCCC/C=C\CCCCC. The Morgan fingerprint density at radius 1 is 0.357 bits per heavy atom. The van der Waals surface area contributed by atoms with E-state index in [1.165, 1.54) is 96.3 Å². The van der Waals surface area contributed by atoms with Crippen LogP contribution in [0.2, 0.25) is 0 Å². The lowest BCUT2D eigenvalue weighted by atomic mass is 10.1. The highest BCUT2D eigenvalue weighted by molar-refractivity contribution is 5.71. The number of hydrogen-bond donors (Lipinski definition) is 0. The summed E-state index contributed by atoms with van der Waals surface area (Å²) >= 11 is 0. The van der Waals surface area contributed by atoms with Gasteiger partial charge in [0.15, 0.2) is 6.10 Å².